The zero-order valence-electron chi connectivity index (χ0n) is 16.5. The highest BCUT2D eigenvalue weighted by molar-refractivity contribution is 5.83. The Bertz CT molecular complexity index is 659. The summed E-state index contributed by atoms with van der Waals surface area (Å²) < 4.78 is 16.9. The summed E-state index contributed by atoms with van der Waals surface area (Å²) in [4.78, 5) is 39.6. The highest BCUT2D eigenvalue weighted by Crippen LogP contribution is 2.36. The van der Waals surface area contributed by atoms with Crippen LogP contribution in [-0.4, -0.2) is 60.3 Å². The SMILES string of the molecule is CC[C@H]1C[C@@H](C)[C@](C)(OC(C)=O)C(=O)OCC2=CCN3CC[C@@H](OC1=O)[C@@H]23. The predicted octanol–water partition coefficient (Wildman–Crippen LogP) is 1.84. The Balaban J connectivity index is 1.91. The Kier molecular flexibility index (Phi) is 5.60. The molecule has 2 saturated heterocycles. The minimum absolute atomic E-state index is 0.0314. The molecule has 7 nitrogen and oxygen atoms in total. The largest absolute Gasteiger partial charge is 0.460 e. The van der Waals surface area contributed by atoms with Crippen molar-refractivity contribution in [2.24, 2.45) is 11.8 Å². The first kappa shape index (κ1) is 19.9. The molecule has 0 unspecified atom stereocenters. The molecule has 0 bridgehead atoms. The molecule has 7 heteroatoms. The van der Waals surface area contributed by atoms with Crippen molar-refractivity contribution in [2.75, 3.05) is 19.7 Å². The van der Waals surface area contributed by atoms with Gasteiger partial charge in [0.2, 0.25) is 5.60 Å². The average Bonchev–Trinajstić information content (AvgIpc) is 3.18. The second-order valence-electron chi connectivity index (χ2n) is 8.00. The van der Waals surface area contributed by atoms with E-state index < -0.39 is 17.5 Å². The van der Waals surface area contributed by atoms with E-state index in [1.165, 1.54) is 6.92 Å². The fourth-order valence-electron chi connectivity index (χ4n) is 4.39. The van der Waals surface area contributed by atoms with Gasteiger partial charge in [0.05, 0.1) is 12.0 Å². The number of hydrogen-bond donors (Lipinski definition) is 0. The summed E-state index contributed by atoms with van der Waals surface area (Å²) in [5.74, 6) is -2.10. The van der Waals surface area contributed by atoms with Crippen LogP contribution in [0.15, 0.2) is 11.6 Å². The number of carbonyl (C=O) groups is 3. The summed E-state index contributed by atoms with van der Waals surface area (Å²) in [5, 5.41) is 0. The third-order valence-corrected chi connectivity index (χ3v) is 6.22. The van der Waals surface area contributed by atoms with Crippen molar-refractivity contribution in [1.29, 1.82) is 0 Å². The van der Waals surface area contributed by atoms with E-state index in [9.17, 15) is 14.4 Å². The Morgan fingerprint density at radius 1 is 1.41 bits per heavy atom. The van der Waals surface area contributed by atoms with Crippen LogP contribution >= 0.6 is 0 Å². The molecule has 150 valence electrons. The lowest BCUT2D eigenvalue weighted by atomic mass is 9.82. The van der Waals surface area contributed by atoms with Crippen LogP contribution < -0.4 is 0 Å². The van der Waals surface area contributed by atoms with E-state index in [2.05, 4.69) is 4.90 Å². The second kappa shape index (κ2) is 7.62. The smallest absolute Gasteiger partial charge is 0.350 e. The third-order valence-electron chi connectivity index (χ3n) is 6.22. The predicted molar refractivity (Wildman–Crippen MR) is 96.6 cm³/mol. The zero-order valence-corrected chi connectivity index (χ0v) is 16.5. The molecule has 5 atom stereocenters. The van der Waals surface area contributed by atoms with E-state index in [0.717, 1.165) is 25.1 Å². The Labute approximate surface area is 160 Å². The number of carbonyl (C=O) groups excluding carboxylic acids is 3. The van der Waals surface area contributed by atoms with Crippen LogP contribution in [0.3, 0.4) is 0 Å². The fraction of sp³-hybridized carbons (Fsp3) is 0.750. The topological polar surface area (TPSA) is 82.1 Å². The van der Waals surface area contributed by atoms with Gasteiger partial charge in [-0.1, -0.05) is 19.9 Å². The molecular formula is C20H29NO6. The molecule has 0 aliphatic carbocycles. The van der Waals surface area contributed by atoms with Gasteiger partial charge < -0.3 is 14.2 Å². The van der Waals surface area contributed by atoms with Gasteiger partial charge in [-0.05, 0) is 31.8 Å². The maximum absolute atomic E-state index is 12.9. The van der Waals surface area contributed by atoms with Crippen LogP contribution in [0.2, 0.25) is 0 Å². The molecule has 3 heterocycles. The van der Waals surface area contributed by atoms with E-state index in [-0.39, 0.29) is 36.6 Å². The highest BCUT2D eigenvalue weighted by Gasteiger charge is 2.48. The molecule has 0 radical (unpaired) electrons. The number of nitrogens with zero attached hydrogens (tertiary/aromatic N) is 1. The summed E-state index contributed by atoms with van der Waals surface area (Å²) in [6, 6.07) is -0.0314. The van der Waals surface area contributed by atoms with Gasteiger partial charge in [0, 0.05) is 25.9 Å². The van der Waals surface area contributed by atoms with Crippen molar-refractivity contribution in [2.45, 2.75) is 64.7 Å². The minimum Gasteiger partial charge on any atom is -0.460 e. The van der Waals surface area contributed by atoms with Crippen molar-refractivity contribution < 1.29 is 28.6 Å². The monoisotopic (exact) mass is 379 g/mol. The first-order valence-corrected chi connectivity index (χ1v) is 9.76. The van der Waals surface area contributed by atoms with Gasteiger partial charge in [0.15, 0.2) is 0 Å². The number of rotatable bonds is 2. The third kappa shape index (κ3) is 3.74. The van der Waals surface area contributed by atoms with Crippen molar-refractivity contribution in [3.63, 3.8) is 0 Å². The molecule has 0 N–H and O–H groups in total. The molecule has 0 aromatic rings. The van der Waals surface area contributed by atoms with E-state index in [1.807, 2.05) is 13.0 Å². The quantitative estimate of drug-likeness (QED) is 0.411. The lowest BCUT2D eigenvalue weighted by molar-refractivity contribution is -0.187. The van der Waals surface area contributed by atoms with Gasteiger partial charge in [-0.2, -0.15) is 0 Å². The average molecular weight is 379 g/mol. The van der Waals surface area contributed by atoms with Crippen LogP contribution in [0.5, 0.6) is 0 Å². The lowest BCUT2D eigenvalue weighted by Crippen LogP contribution is -2.49. The van der Waals surface area contributed by atoms with Gasteiger partial charge in [-0.3, -0.25) is 14.5 Å². The Morgan fingerprint density at radius 3 is 2.81 bits per heavy atom. The molecule has 27 heavy (non-hydrogen) atoms. The van der Waals surface area contributed by atoms with Crippen LogP contribution in [0, 0.1) is 11.8 Å². The van der Waals surface area contributed by atoms with Gasteiger partial charge in [0.1, 0.15) is 12.7 Å². The molecule has 0 aromatic carbocycles. The maximum Gasteiger partial charge on any atom is 0.350 e. The van der Waals surface area contributed by atoms with Crippen molar-refractivity contribution in [3.05, 3.63) is 11.6 Å². The summed E-state index contributed by atoms with van der Waals surface area (Å²) >= 11 is 0. The first-order valence-electron chi connectivity index (χ1n) is 9.76. The Morgan fingerprint density at radius 2 is 2.15 bits per heavy atom. The molecule has 0 spiro atoms. The molecular weight excluding hydrogens is 350 g/mol. The standard InChI is InChI=1S/C20H29NO6/c1-5-14-10-12(2)20(4,27-13(3)22)19(24)25-11-15-6-8-21-9-7-16(17(15)21)26-18(14)23/h6,12,14,16-17H,5,7-11H2,1-4H3/t12-,14+,16-,17-,20+/m1/s1. The molecule has 3 rings (SSSR count). The summed E-state index contributed by atoms with van der Waals surface area (Å²) in [6.45, 7) is 8.31. The van der Waals surface area contributed by atoms with Crippen LogP contribution in [0.25, 0.3) is 0 Å². The molecule has 2 fully saturated rings. The maximum atomic E-state index is 12.9. The summed E-state index contributed by atoms with van der Waals surface area (Å²) in [6.07, 6.45) is 3.61. The van der Waals surface area contributed by atoms with Crippen molar-refractivity contribution >= 4 is 17.9 Å². The van der Waals surface area contributed by atoms with Crippen LogP contribution in [-0.2, 0) is 28.6 Å². The van der Waals surface area contributed by atoms with Gasteiger partial charge in [-0.25, -0.2) is 4.79 Å². The molecule has 3 aliphatic rings. The Hall–Kier alpha value is -1.89. The van der Waals surface area contributed by atoms with E-state index in [1.54, 1.807) is 13.8 Å². The number of esters is 3. The number of hydrogen-bond acceptors (Lipinski definition) is 7. The first-order chi connectivity index (χ1) is 12.8. The van der Waals surface area contributed by atoms with E-state index in [0.29, 0.717) is 12.8 Å². The molecule has 3 aliphatic heterocycles. The van der Waals surface area contributed by atoms with Crippen molar-refractivity contribution in [1.82, 2.24) is 4.90 Å². The van der Waals surface area contributed by atoms with Gasteiger partial charge >= 0.3 is 17.9 Å². The summed E-state index contributed by atoms with van der Waals surface area (Å²) in [5.41, 5.74) is -0.489. The highest BCUT2D eigenvalue weighted by atomic mass is 16.6. The number of cyclic esters (lactones) is 1. The van der Waals surface area contributed by atoms with Gasteiger partial charge in [-0.15, -0.1) is 0 Å². The molecule has 0 saturated carbocycles. The lowest BCUT2D eigenvalue weighted by Gasteiger charge is -2.35. The zero-order chi connectivity index (χ0) is 19.8. The minimum atomic E-state index is -1.44. The number of ether oxygens (including phenoxy) is 3. The second-order valence-corrected chi connectivity index (χ2v) is 8.00. The van der Waals surface area contributed by atoms with Crippen LogP contribution in [0.4, 0.5) is 0 Å². The van der Waals surface area contributed by atoms with E-state index >= 15 is 0 Å². The van der Waals surface area contributed by atoms with Crippen LogP contribution in [0.1, 0.15) is 47.0 Å². The molecule has 0 amide bonds. The normalized spacial score (nSPS) is 37.4. The molecule has 0 aromatic heterocycles. The van der Waals surface area contributed by atoms with Crippen molar-refractivity contribution in [3.8, 4) is 0 Å². The summed E-state index contributed by atoms with van der Waals surface area (Å²) in [7, 11) is 0. The van der Waals surface area contributed by atoms with E-state index in [4.69, 9.17) is 14.2 Å². The van der Waals surface area contributed by atoms with Gasteiger partial charge in [0.25, 0.3) is 0 Å². The fourth-order valence-corrected chi connectivity index (χ4v) is 4.39.